The molecule has 142 valence electrons. The van der Waals surface area contributed by atoms with Crippen LogP contribution in [0.25, 0.3) is 6.08 Å². The molecule has 2 rings (SSSR count). The zero-order valence-electron chi connectivity index (χ0n) is 14.3. The zero-order chi connectivity index (χ0) is 20.0. The van der Waals surface area contributed by atoms with Crippen molar-refractivity contribution in [2.75, 3.05) is 5.32 Å². The molecule has 0 radical (unpaired) electrons. The molecule has 7 nitrogen and oxygen atoms in total. The van der Waals surface area contributed by atoms with E-state index in [9.17, 15) is 18.0 Å². The van der Waals surface area contributed by atoms with E-state index in [2.05, 4.69) is 21.2 Å². The molecule has 0 saturated heterocycles. The number of sulfonamides is 1. The highest BCUT2D eigenvalue weighted by Gasteiger charge is 2.17. The lowest BCUT2D eigenvalue weighted by molar-refractivity contribution is -0.148. The fourth-order valence-corrected chi connectivity index (χ4v) is 2.95. The van der Waals surface area contributed by atoms with Crippen LogP contribution in [0.4, 0.5) is 5.69 Å². The number of amides is 1. The molecule has 1 unspecified atom stereocenters. The number of esters is 1. The molecule has 2 aromatic rings. The number of primary sulfonamides is 1. The molecule has 0 heterocycles. The van der Waals surface area contributed by atoms with Gasteiger partial charge < -0.3 is 10.1 Å². The summed E-state index contributed by atoms with van der Waals surface area (Å²) >= 11 is 3.33. The lowest BCUT2D eigenvalue weighted by atomic mass is 10.2. The van der Waals surface area contributed by atoms with Crippen molar-refractivity contribution in [1.29, 1.82) is 0 Å². The molecule has 0 spiro atoms. The smallest absolute Gasteiger partial charge is 0.331 e. The first-order valence-electron chi connectivity index (χ1n) is 7.73. The molecular weight excluding hydrogens is 436 g/mol. The number of nitrogens with two attached hydrogens (primary N) is 1. The van der Waals surface area contributed by atoms with E-state index in [1.807, 2.05) is 24.3 Å². The predicted molar refractivity (Wildman–Crippen MR) is 105 cm³/mol. The quantitative estimate of drug-likeness (QED) is 0.516. The van der Waals surface area contributed by atoms with Crippen molar-refractivity contribution < 1.29 is 22.7 Å². The van der Waals surface area contributed by atoms with Crippen LogP contribution in [0.2, 0.25) is 0 Å². The molecule has 3 N–H and O–H groups in total. The number of carbonyl (C=O) groups is 2. The molecule has 0 fully saturated rings. The monoisotopic (exact) mass is 452 g/mol. The Bertz CT molecular complexity index is 972. The summed E-state index contributed by atoms with van der Waals surface area (Å²) in [5.74, 6) is -1.22. The zero-order valence-corrected chi connectivity index (χ0v) is 16.7. The van der Waals surface area contributed by atoms with Gasteiger partial charge in [-0.2, -0.15) is 0 Å². The molecule has 0 bridgehead atoms. The highest BCUT2D eigenvalue weighted by atomic mass is 79.9. The first-order valence-corrected chi connectivity index (χ1v) is 10.1. The summed E-state index contributed by atoms with van der Waals surface area (Å²) in [4.78, 5) is 23.9. The van der Waals surface area contributed by atoms with Gasteiger partial charge in [0.1, 0.15) is 0 Å². The molecule has 0 aliphatic carbocycles. The van der Waals surface area contributed by atoms with Crippen LogP contribution in [0, 0.1) is 0 Å². The number of halogens is 1. The SMILES string of the molecule is CC(OC(=O)/C=C/c1cccc(Br)c1)C(=O)Nc1ccc(S(N)(=O)=O)cc1. The van der Waals surface area contributed by atoms with Gasteiger partial charge in [-0.3, -0.25) is 4.79 Å². The standard InChI is InChI=1S/C18H17BrN2O5S/c1-12(26-17(22)10-5-13-3-2-4-14(19)11-13)18(23)21-15-6-8-16(9-7-15)27(20,24)25/h2-12H,1H3,(H,21,23)(H2,20,24,25)/b10-5+. The number of ether oxygens (including phenoxy) is 1. The number of nitrogens with one attached hydrogen (secondary N) is 1. The van der Waals surface area contributed by atoms with Gasteiger partial charge in [-0.15, -0.1) is 0 Å². The Morgan fingerprint density at radius 2 is 1.85 bits per heavy atom. The third-order valence-corrected chi connectivity index (χ3v) is 4.80. The summed E-state index contributed by atoms with van der Waals surface area (Å²) < 4.78 is 28.3. The van der Waals surface area contributed by atoms with Gasteiger partial charge in [0.15, 0.2) is 6.10 Å². The Balaban J connectivity index is 1.92. The number of hydrogen-bond acceptors (Lipinski definition) is 5. The second-order valence-corrected chi connectivity index (χ2v) is 8.00. The summed E-state index contributed by atoms with van der Waals surface area (Å²) in [6.07, 6.45) is 1.76. The van der Waals surface area contributed by atoms with Gasteiger partial charge in [-0.05, 0) is 55.0 Å². The van der Waals surface area contributed by atoms with Crippen LogP contribution in [0.3, 0.4) is 0 Å². The first kappa shape index (κ1) is 20.8. The van der Waals surface area contributed by atoms with Crippen LogP contribution < -0.4 is 10.5 Å². The second kappa shape index (κ2) is 8.94. The minimum absolute atomic E-state index is 0.0716. The van der Waals surface area contributed by atoms with Crippen molar-refractivity contribution in [1.82, 2.24) is 0 Å². The van der Waals surface area contributed by atoms with Gasteiger partial charge in [-0.25, -0.2) is 18.4 Å². The molecule has 0 saturated carbocycles. The van der Waals surface area contributed by atoms with E-state index in [1.165, 1.54) is 37.3 Å². The van der Waals surface area contributed by atoms with Gasteiger partial charge in [-0.1, -0.05) is 28.1 Å². The maximum absolute atomic E-state index is 12.1. The van der Waals surface area contributed by atoms with Crippen molar-refractivity contribution in [3.8, 4) is 0 Å². The average molecular weight is 453 g/mol. The first-order chi connectivity index (χ1) is 12.6. The van der Waals surface area contributed by atoms with Gasteiger partial charge in [0, 0.05) is 16.2 Å². The van der Waals surface area contributed by atoms with E-state index in [-0.39, 0.29) is 4.90 Å². The van der Waals surface area contributed by atoms with Crippen LogP contribution >= 0.6 is 15.9 Å². The average Bonchev–Trinajstić information content (AvgIpc) is 2.59. The van der Waals surface area contributed by atoms with E-state index in [4.69, 9.17) is 9.88 Å². The summed E-state index contributed by atoms with van der Waals surface area (Å²) in [6.45, 7) is 1.43. The molecule has 0 aliphatic heterocycles. The Hall–Kier alpha value is -2.49. The number of rotatable bonds is 6. The predicted octanol–water partition coefficient (Wildman–Crippen LogP) is 2.68. The molecule has 27 heavy (non-hydrogen) atoms. The molecule has 9 heteroatoms. The molecule has 2 aromatic carbocycles. The molecule has 0 aliphatic rings. The van der Waals surface area contributed by atoms with E-state index in [1.54, 1.807) is 6.08 Å². The summed E-state index contributed by atoms with van der Waals surface area (Å²) in [5, 5.41) is 7.53. The Morgan fingerprint density at radius 3 is 2.44 bits per heavy atom. The summed E-state index contributed by atoms with van der Waals surface area (Å²) in [5.41, 5.74) is 1.15. The van der Waals surface area contributed by atoms with Crippen LogP contribution in [-0.2, 0) is 24.3 Å². The van der Waals surface area contributed by atoms with Crippen LogP contribution in [0.15, 0.2) is 64.0 Å². The van der Waals surface area contributed by atoms with Gasteiger partial charge in [0.2, 0.25) is 10.0 Å². The Kier molecular flexibility index (Phi) is 6.89. The van der Waals surface area contributed by atoms with Crippen molar-refractivity contribution in [2.24, 2.45) is 5.14 Å². The molecular formula is C18H17BrN2O5S. The lowest BCUT2D eigenvalue weighted by Crippen LogP contribution is -2.29. The second-order valence-electron chi connectivity index (χ2n) is 5.53. The van der Waals surface area contributed by atoms with E-state index in [0.29, 0.717) is 5.69 Å². The Labute approximate surface area is 165 Å². The number of benzene rings is 2. The lowest BCUT2D eigenvalue weighted by Gasteiger charge is -2.12. The topological polar surface area (TPSA) is 116 Å². The normalized spacial score (nSPS) is 12.6. The maximum atomic E-state index is 12.1. The number of carbonyl (C=O) groups excluding carboxylic acids is 2. The third kappa shape index (κ3) is 6.63. The van der Waals surface area contributed by atoms with E-state index < -0.39 is 28.0 Å². The van der Waals surface area contributed by atoms with Crippen LogP contribution in [-0.4, -0.2) is 26.4 Å². The van der Waals surface area contributed by atoms with Gasteiger partial charge in [0.05, 0.1) is 4.90 Å². The number of anilines is 1. The number of hydrogen-bond donors (Lipinski definition) is 2. The molecule has 0 aromatic heterocycles. The van der Waals surface area contributed by atoms with Crippen molar-refractivity contribution >= 4 is 49.6 Å². The minimum Gasteiger partial charge on any atom is -0.449 e. The third-order valence-electron chi connectivity index (χ3n) is 3.37. The molecule has 1 atom stereocenters. The summed E-state index contributed by atoms with van der Waals surface area (Å²) in [6, 6.07) is 12.6. The van der Waals surface area contributed by atoms with Crippen molar-refractivity contribution in [3.05, 3.63) is 64.6 Å². The van der Waals surface area contributed by atoms with Crippen molar-refractivity contribution in [2.45, 2.75) is 17.9 Å². The van der Waals surface area contributed by atoms with Gasteiger partial charge >= 0.3 is 5.97 Å². The summed E-state index contributed by atoms with van der Waals surface area (Å²) in [7, 11) is -3.80. The van der Waals surface area contributed by atoms with Gasteiger partial charge in [0.25, 0.3) is 5.91 Å². The molecule has 1 amide bonds. The highest BCUT2D eigenvalue weighted by molar-refractivity contribution is 9.10. The van der Waals surface area contributed by atoms with Crippen LogP contribution in [0.1, 0.15) is 12.5 Å². The fraction of sp³-hybridized carbons (Fsp3) is 0.111. The highest BCUT2D eigenvalue weighted by Crippen LogP contribution is 2.14. The largest absolute Gasteiger partial charge is 0.449 e. The maximum Gasteiger partial charge on any atom is 0.331 e. The fourth-order valence-electron chi connectivity index (χ4n) is 2.01. The van der Waals surface area contributed by atoms with E-state index >= 15 is 0 Å². The van der Waals surface area contributed by atoms with E-state index in [0.717, 1.165) is 10.0 Å². The Morgan fingerprint density at radius 1 is 1.19 bits per heavy atom. The van der Waals surface area contributed by atoms with Crippen LogP contribution in [0.5, 0.6) is 0 Å². The van der Waals surface area contributed by atoms with Crippen molar-refractivity contribution in [3.63, 3.8) is 0 Å². The minimum atomic E-state index is -3.80.